The number of pyridine rings is 1. The van der Waals surface area contributed by atoms with Crippen molar-refractivity contribution in [2.45, 2.75) is 13.0 Å². The van der Waals surface area contributed by atoms with Crippen LogP contribution in [-0.4, -0.2) is 73.0 Å². The maximum Gasteiger partial charge on any atom is 0.0649 e. The Morgan fingerprint density at radius 2 is 1.84 bits per heavy atom. The molecule has 1 aliphatic heterocycles. The van der Waals surface area contributed by atoms with E-state index in [4.69, 9.17) is 0 Å². The molecular formula is C15H26N4. The molecular weight excluding hydrogens is 236 g/mol. The second-order valence-corrected chi connectivity index (χ2v) is 5.46. The number of rotatable bonds is 2. The van der Waals surface area contributed by atoms with Crippen LogP contribution in [0.2, 0.25) is 0 Å². The molecule has 0 N–H and O–H groups in total. The van der Waals surface area contributed by atoms with Gasteiger partial charge in [0, 0.05) is 38.9 Å². The Labute approximate surface area is 117 Å². The molecule has 1 fully saturated rings. The molecule has 0 aromatic carbocycles. The van der Waals surface area contributed by atoms with E-state index in [1.165, 1.54) is 5.69 Å². The summed E-state index contributed by atoms with van der Waals surface area (Å²) in [6.45, 7) is 8.88. The maximum atomic E-state index is 4.58. The molecule has 1 saturated heterocycles. The zero-order valence-corrected chi connectivity index (χ0v) is 12.4. The van der Waals surface area contributed by atoms with Gasteiger partial charge in [-0.2, -0.15) is 0 Å². The van der Waals surface area contributed by atoms with Crippen LogP contribution in [0.25, 0.3) is 0 Å². The summed E-state index contributed by atoms with van der Waals surface area (Å²) in [5.74, 6) is 0. The number of hydrogen-bond donors (Lipinski definition) is 0. The molecule has 2 rings (SSSR count). The van der Waals surface area contributed by atoms with Crippen LogP contribution in [0, 0.1) is 0 Å². The molecule has 2 heterocycles. The Hall–Kier alpha value is -0.970. The minimum atomic E-state index is 0.405. The second-order valence-electron chi connectivity index (χ2n) is 5.46. The highest BCUT2D eigenvalue weighted by atomic mass is 15.3. The molecule has 19 heavy (non-hydrogen) atoms. The zero-order valence-electron chi connectivity index (χ0n) is 12.4. The molecule has 1 unspecified atom stereocenters. The molecule has 0 radical (unpaired) electrons. The van der Waals surface area contributed by atoms with E-state index < -0.39 is 0 Å². The van der Waals surface area contributed by atoms with Gasteiger partial charge >= 0.3 is 0 Å². The molecule has 0 saturated carbocycles. The third kappa shape index (κ3) is 4.00. The van der Waals surface area contributed by atoms with Crippen molar-refractivity contribution < 1.29 is 0 Å². The third-order valence-electron chi connectivity index (χ3n) is 3.99. The summed E-state index contributed by atoms with van der Waals surface area (Å²) >= 11 is 0. The fourth-order valence-electron chi connectivity index (χ4n) is 2.64. The van der Waals surface area contributed by atoms with E-state index in [-0.39, 0.29) is 0 Å². The Kier molecular flexibility index (Phi) is 5.31. The summed E-state index contributed by atoms with van der Waals surface area (Å²) < 4.78 is 0. The Morgan fingerprint density at radius 3 is 2.53 bits per heavy atom. The van der Waals surface area contributed by atoms with Crippen LogP contribution >= 0.6 is 0 Å². The molecule has 1 aliphatic rings. The van der Waals surface area contributed by atoms with Crippen molar-refractivity contribution >= 4 is 0 Å². The van der Waals surface area contributed by atoms with Gasteiger partial charge in [0.05, 0.1) is 11.7 Å². The first-order valence-corrected chi connectivity index (χ1v) is 7.22. The van der Waals surface area contributed by atoms with Crippen LogP contribution in [0.15, 0.2) is 24.4 Å². The highest BCUT2D eigenvalue weighted by Crippen LogP contribution is 2.20. The van der Waals surface area contributed by atoms with Gasteiger partial charge in [-0.15, -0.1) is 0 Å². The molecule has 0 amide bonds. The van der Waals surface area contributed by atoms with Crippen molar-refractivity contribution in [3.63, 3.8) is 0 Å². The lowest BCUT2D eigenvalue weighted by Gasteiger charge is -2.32. The molecule has 0 spiro atoms. The lowest BCUT2D eigenvalue weighted by atomic mass is 10.1. The summed E-state index contributed by atoms with van der Waals surface area (Å²) in [7, 11) is 4.42. The number of likely N-dealkylation sites (N-methyl/N-ethyl adjacent to an activating group) is 3. The van der Waals surface area contributed by atoms with Gasteiger partial charge in [-0.05, 0) is 32.8 Å². The highest BCUT2D eigenvalue weighted by Gasteiger charge is 2.23. The lowest BCUT2D eigenvalue weighted by Crippen LogP contribution is -2.38. The summed E-state index contributed by atoms with van der Waals surface area (Å²) in [6.07, 6.45) is 1.90. The topological polar surface area (TPSA) is 22.6 Å². The number of aromatic nitrogens is 1. The molecule has 1 aromatic heterocycles. The summed E-state index contributed by atoms with van der Waals surface area (Å²) in [5.41, 5.74) is 1.20. The summed E-state index contributed by atoms with van der Waals surface area (Å²) in [5, 5.41) is 0. The monoisotopic (exact) mass is 262 g/mol. The SMILES string of the molecule is CCN1CCN(C)CCN(C)CC1c1ccccn1. The fraction of sp³-hybridized carbons (Fsp3) is 0.667. The van der Waals surface area contributed by atoms with Crippen molar-refractivity contribution in [3.8, 4) is 0 Å². The second kappa shape index (κ2) is 6.98. The van der Waals surface area contributed by atoms with Gasteiger partial charge in [-0.1, -0.05) is 13.0 Å². The van der Waals surface area contributed by atoms with Crippen molar-refractivity contribution in [2.24, 2.45) is 0 Å². The fourth-order valence-corrected chi connectivity index (χ4v) is 2.64. The van der Waals surface area contributed by atoms with E-state index in [1.807, 2.05) is 12.3 Å². The van der Waals surface area contributed by atoms with Crippen LogP contribution in [0.1, 0.15) is 18.7 Å². The average molecular weight is 262 g/mol. The van der Waals surface area contributed by atoms with Crippen LogP contribution in [0.4, 0.5) is 0 Å². The minimum Gasteiger partial charge on any atom is -0.304 e. The van der Waals surface area contributed by atoms with Crippen molar-refractivity contribution in [2.75, 3.05) is 53.4 Å². The molecule has 0 bridgehead atoms. The predicted molar refractivity (Wildman–Crippen MR) is 79.2 cm³/mol. The Balaban J connectivity index is 2.20. The first-order valence-electron chi connectivity index (χ1n) is 7.22. The average Bonchev–Trinajstić information content (AvgIpc) is 2.51. The van der Waals surface area contributed by atoms with Crippen LogP contribution < -0.4 is 0 Å². The predicted octanol–water partition coefficient (Wildman–Crippen LogP) is 1.32. The summed E-state index contributed by atoms with van der Waals surface area (Å²) in [6, 6.07) is 6.65. The van der Waals surface area contributed by atoms with Crippen LogP contribution in [0.3, 0.4) is 0 Å². The minimum absolute atomic E-state index is 0.405. The van der Waals surface area contributed by atoms with Crippen molar-refractivity contribution in [1.82, 2.24) is 19.7 Å². The molecule has 1 aromatic rings. The molecule has 106 valence electrons. The van der Waals surface area contributed by atoms with Gasteiger partial charge in [0.15, 0.2) is 0 Å². The first-order chi connectivity index (χ1) is 9.20. The number of hydrogen-bond acceptors (Lipinski definition) is 4. The highest BCUT2D eigenvalue weighted by molar-refractivity contribution is 5.10. The van der Waals surface area contributed by atoms with Gasteiger partial charge in [-0.3, -0.25) is 9.88 Å². The third-order valence-corrected chi connectivity index (χ3v) is 3.99. The Bertz CT molecular complexity index is 368. The molecule has 4 heteroatoms. The normalized spacial score (nSPS) is 24.7. The van der Waals surface area contributed by atoms with E-state index in [1.54, 1.807) is 0 Å². The maximum absolute atomic E-state index is 4.58. The number of nitrogens with zero attached hydrogens (tertiary/aromatic N) is 4. The Morgan fingerprint density at radius 1 is 1.11 bits per heavy atom. The molecule has 0 aliphatic carbocycles. The zero-order chi connectivity index (χ0) is 13.7. The van der Waals surface area contributed by atoms with Crippen LogP contribution in [-0.2, 0) is 0 Å². The first kappa shape index (κ1) is 14.4. The van der Waals surface area contributed by atoms with E-state index in [2.05, 4.69) is 52.8 Å². The summed E-state index contributed by atoms with van der Waals surface area (Å²) in [4.78, 5) is 12.0. The van der Waals surface area contributed by atoms with Gasteiger partial charge in [0.1, 0.15) is 0 Å². The van der Waals surface area contributed by atoms with Gasteiger partial charge in [0.2, 0.25) is 0 Å². The van der Waals surface area contributed by atoms with E-state index in [0.717, 1.165) is 39.3 Å². The van der Waals surface area contributed by atoms with E-state index in [0.29, 0.717) is 6.04 Å². The van der Waals surface area contributed by atoms with Gasteiger partial charge < -0.3 is 9.80 Å². The van der Waals surface area contributed by atoms with E-state index in [9.17, 15) is 0 Å². The standard InChI is InChI=1S/C15H26N4/c1-4-19-12-11-17(2)9-10-18(3)13-15(19)14-7-5-6-8-16-14/h5-8,15H,4,9-13H2,1-3H3. The molecule has 1 atom stereocenters. The van der Waals surface area contributed by atoms with Crippen molar-refractivity contribution in [1.29, 1.82) is 0 Å². The van der Waals surface area contributed by atoms with Gasteiger partial charge in [0.25, 0.3) is 0 Å². The van der Waals surface area contributed by atoms with Crippen molar-refractivity contribution in [3.05, 3.63) is 30.1 Å². The van der Waals surface area contributed by atoms with Crippen LogP contribution in [0.5, 0.6) is 0 Å². The smallest absolute Gasteiger partial charge is 0.0649 e. The van der Waals surface area contributed by atoms with E-state index >= 15 is 0 Å². The molecule has 4 nitrogen and oxygen atoms in total. The largest absolute Gasteiger partial charge is 0.304 e. The quantitative estimate of drug-likeness (QED) is 0.802. The lowest BCUT2D eigenvalue weighted by molar-refractivity contribution is 0.164. The van der Waals surface area contributed by atoms with Gasteiger partial charge in [-0.25, -0.2) is 0 Å².